The lowest BCUT2D eigenvalue weighted by atomic mass is 10.2. The lowest BCUT2D eigenvalue weighted by Gasteiger charge is -2.13. The molecule has 0 heterocycles. The van der Waals surface area contributed by atoms with E-state index in [1.165, 1.54) is 36.4 Å². The number of nitro benzene ring substituents is 1. The van der Waals surface area contributed by atoms with Crippen LogP contribution in [-0.2, 0) is 11.3 Å². The monoisotopic (exact) mass is 428 g/mol. The number of anilines is 1. The van der Waals surface area contributed by atoms with Gasteiger partial charge in [-0.25, -0.2) is 13.6 Å². The van der Waals surface area contributed by atoms with Gasteiger partial charge in [-0.2, -0.15) is 0 Å². The highest BCUT2D eigenvalue weighted by Gasteiger charge is 2.20. The van der Waals surface area contributed by atoms with E-state index < -0.39 is 40.1 Å². The Morgan fingerprint density at radius 1 is 1.00 bits per heavy atom. The van der Waals surface area contributed by atoms with Crippen molar-refractivity contribution in [2.75, 3.05) is 5.32 Å². The maximum Gasteiger partial charge on any atom is 0.514 e. The second-order valence-corrected chi connectivity index (χ2v) is 6.15. The second kappa shape index (κ2) is 9.44. The van der Waals surface area contributed by atoms with Crippen molar-refractivity contribution >= 4 is 23.4 Å². The molecule has 0 aliphatic carbocycles. The van der Waals surface area contributed by atoms with Crippen LogP contribution >= 0.6 is 0 Å². The third-order valence-electron chi connectivity index (χ3n) is 3.98. The number of non-ortho nitro benzene ring substituents is 1. The fraction of sp³-hybridized carbons (Fsp3) is 0.0476. The predicted octanol–water partition coefficient (Wildman–Crippen LogP) is 4.84. The molecule has 0 unspecified atom stereocenters. The highest BCUT2D eigenvalue weighted by molar-refractivity contribution is 6.05. The van der Waals surface area contributed by atoms with Crippen LogP contribution in [0.25, 0.3) is 0 Å². The largest absolute Gasteiger partial charge is 0.514 e. The molecule has 3 aromatic rings. The molecule has 1 amide bonds. The summed E-state index contributed by atoms with van der Waals surface area (Å²) in [4.78, 5) is 34.3. The summed E-state index contributed by atoms with van der Waals surface area (Å²) in [5, 5.41) is 12.9. The SMILES string of the molecule is O=C(OCc1ccc([N+](=O)[O-])cc1)Oc1c(F)cc(F)cc1NC(=O)c1ccccc1. The molecule has 0 spiro atoms. The van der Waals surface area contributed by atoms with Crippen LogP contribution in [0.4, 0.5) is 25.0 Å². The number of hydrogen-bond donors (Lipinski definition) is 1. The van der Waals surface area contributed by atoms with Gasteiger partial charge in [0.15, 0.2) is 11.6 Å². The maximum atomic E-state index is 14.2. The number of halogens is 2. The van der Waals surface area contributed by atoms with E-state index in [1.54, 1.807) is 18.2 Å². The lowest BCUT2D eigenvalue weighted by Crippen LogP contribution is -2.16. The van der Waals surface area contributed by atoms with E-state index in [2.05, 4.69) is 5.32 Å². The highest BCUT2D eigenvalue weighted by Crippen LogP contribution is 2.30. The van der Waals surface area contributed by atoms with Gasteiger partial charge in [0.1, 0.15) is 12.4 Å². The number of nitrogens with one attached hydrogen (secondary N) is 1. The number of rotatable bonds is 6. The van der Waals surface area contributed by atoms with Crippen LogP contribution in [-0.4, -0.2) is 17.0 Å². The third kappa shape index (κ3) is 5.60. The molecular weight excluding hydrogens is 414 g/mol. The van der Waals surface area contributed by atoms with Gasteiger partial charge in [-0.05, 0) is 29.8 Å². The van der Waals surface area contributed by atoms with Crippen LogP contribution in [0, 0.1) is 21.7 Å². The van der Waals surface area contributed by atoms with Crippen molar-refractivity contribution in [2.45, 2.75) is 6.61 Å². The van der Waals surface area contributed by atoms with Crippen molar-refractivity contribution in [3.8, 4) is 5.75 Å². The summed E-state index contributed by atoms with van der Waals surface area (Å²) in [7, 11) is 0. The van der Waals surface area contributed by atoms with E-state index in [-0.39, 0.29) is 17.9 Å². The van der Waals surface area contributed by atoms with Crippen LogP contribution in [0.3, 0.4) is 0 Å². The molecule has 1 N–H and O–H groups in total. The van der Waals surface area contributed by atoms with Crippen molar-refractivity contribution in [3.63, 3.8) is 0 Å². The minimum absolute atomic E-state index is 0.140. The van der Waals surface area contributed by atoms with Gasteiger partial charge in [0.25, 0.3) is 11.6 Å². The topological polar surface area (TPSA) is 108 Å². The number of carbonyl (C=O) groups is 2. The zero-order valence-electron chi connectivity index (χ0n) is 15.7. The van der Waals surface area contributed by atoms with Crippen LogP contribution in [0.15, 0.2) is 66.7 Å². The fourth-order valence-corrected chi connectivity index (χ4v) is 2.51. The molecule has 0 aromatic heterocycles. The molecule has 31 heavy (non-hydrogen) atoms. The van der Waals surface area contributed by atoms with E-state index in [4.69, 9.17) is 9.47 Å². The first-order valence-electron chi connectivity index (χ1n) is 8.77. The Labute approximate surface area is 174 Å². The summed E-state index contributed by atoms with van der Waals surface area (Å²) in [6, 6.07) is 14.3. The van der Waals surface area contributed by atoms with Crippen LogP contribution in [0.1, 0.15) is 15.9 Å². The Kier molecular flexibility index (Phi) is 6.51. The Morgan fingerprint density at radius 3 is 2.32 bits per heavy atom. The molecule has 0 fully saturated rings. The van der Waals surface area contributed by atoms with Gasteiger partial charge >= 0.3 is 6.16 Å². The average Bonchev–Trinajstić information content (AvgIpc) is 2.75. The first-order chi connectivity index (χ1) is 14.8. The number of ether oxygens (including phenoxy) is 2. The molecular formula is C21H14F2N2O6. The molecule has 0 aliphatic heterocycles. The number of nitro groups is 1. The highest BCUT2D eigenvalue weighted by atomic mass is 19.1. The molecule has 3 rings (SSSR count). The average molecular weight is 428 g/mol. The van der Waals surface area contributed by atoms with E-state index >= 15 is 0 Å². The van der Waals surface area contributed by atoms with Gasteiger partial charge in [0.2, 0.25) is 0 Å². The van der Waals surface area contributed by atoms with Gasteiger partial charge in [0, 0.05) is 29.8 Å². The number of carbonyl (C=O) groups excluding carboxylic acids is 2. The van der Waals surface area contributed by atoms with Crippen molar-refractivity contribution in [1.29, 1.82) is 0 Å². The normalized spacial score (nSPS) is 10.3. The zero-order chi connectivity index (χ0) is 22.4. The Balaban J connectivity index is 1.70. The van der Waals surface area contributed by atoms with Gasteiger partial charge in [-0.1, -0.05) is 18.2 Å². The minimum atomic E-state index is -1.32. The summed E-state index contributed by atoms with van der Waals surface area (Å²) in [6.45, 7) is -0.314. The number of amides is 1. The third-order valence-corrected chi connectivity index (χ3v) is 3.98. The standard InChI is InChI=1S/C21H14F2N2O6/c22-15-10-17(23)19(18(11-15)24-20(26)14-4-2-1-3-5-14)31-21(27)30-12-13-6-8-16(9-7-13)25(28)29/h1-11H,12H2,(H,24,26). The predicted molar refractivity (Wildman–Crippen MR) is 105 cm³/mol. The second-order valence-electron chi connectivity index (χ2n) is 6.15. The molecule has 0 saturated heterocycles. The summed E-state index contributed by atoms with van der Waals surface area (Å²) >= 11 is 0. The molecule has 0 atom stereocenters. The fourth-order valence-electron chi connectivity index (χ4n) is 2.51. The number of benzene rings is 3. The maximum absolute atomic E-state index is 14.2. The Bertz CT molecular complexity index is 1120. The van der Waals surface area contributed by atoms with Gasteiger partial charge in [0.05, 0.1) is 10.6 Å². The summed E-state index contributed by atoms with van der Waals surface area (Å²) in [5.74, 6) is -3.61. The van der Waals surface area contributed by atoms with Crippen LogP contribution in [0.5, 0.6) is 5.75 Å². The van der Waals surface area contributed by atoms with Crippen molar-refractivity contribution in [3.05, 3.63) is 99.6 Å². The molecule has 0 bridgehead atoms. The molecule has 0 radical (unpaired) electrons. The molecule has 10 heteroatoms. The Morgan fingerprint density at radius 2 is 1.68 bits per heavy atom. The molecule has 0 aliphatic rings. The van der Waals surface area contributed by atoms with Crippen molar-refractivity contribution in [2.24, 2.45) is 0 Å². The van der Waals surface area contributed by atoms with E-state index in [0.717, 1.165) is 6.07 Å². The smallest absolute Gasteiger partial charge is 0.429 e. The first-order valence-corrected chi connectivity index (χ1v) is 8.77. The van der Waals surface area contributed by atoms with Crippen molar-refractivity contribution in [1.82, 2.24) is 0 Å². The number of hydrogen-bond acceptors (Lipinski definition) is 6. The summed E-state index contributed by atoms with van der Waals surface area (Å²) in [6.07, 6.45) is -1.32. The molecule has 3 aromatic carbocycles. The Hall–Kier alpha value is -4.34. The van der Waals surface area contributed by atoms with Crippen LogP contribution < -0.4 is 10.1 Å². The first kappa shape index (κ1) is 21.4. The van der Waals surface area contributed by atoms with Crippen LogP contribution in [0.2, 0.25) is 0 Å². The minimum Gasteiger partial charge on any atom is -0.429 e. The van der Waals surface area contributed by atoms with Gasteiger partial charge in [-0.15, -0.1) is 0 Å². The number of nitrogens with zero attached hydrogens (tertiary/aromatic N) is 1. The van der Waals surface area contributed by atoms with Crippen molar-refractivity contribution < 1.29 is 32.8 Å². The van der Waals surface area contributed by atoms with E-state index in [9.17, 15) is 28.5 Å². The van der Waals surface area contributed by atoms with E-state index in [1.807, 2.05) is 0 Å². The van der Waals surface area contributed by atoms with Gasteiger partial charge in [-0.3, -0.25) is 14.9 Å². The zero-order valence-corrected chi connectivity index (χ0v) is 15.7. The van der Waals surface area contributed by atoms with Gasteiger partial charge < -0.3 is 14.8 Å². The molecule has 0 saturated carbocycles. The quantitative estimate of drug-likeness (QED) is 0.261. The lowest BCUT2D eigenvalue weighted by molar-refractivity contribution is -0.384. The van der Waals surface area contributed by atoms with E-state index in [0.29, 0.717) is 11.6 Å². The summed E-state index contributed by atoms with van der Waals surface area (Å²) in [5.41, 5.74) is 0.0933. The summed E-state index contributed by atoms with van der Waals surface area (Å²) < 4.78 is 37.5. The molecule has 158 valence electrons. The molecule has 8 nitrogen and oxygen atoms in total.